The number of nitrogens with zero attached hydrogens (tertiary/aromatic N) is 1. The minimum absolute atomic E-state index is 0.0711. The molecule has 1 aliphatic rings. The molecule has 1 amide bonds. The van der Waals surface area contributed by atoms with Crippen LogP contribution in [0.1, 0.15) is 36.0 Å². The number of carbonyl (C=O) groups is 1. The van der Waals surface area contributed by atoms with Gasteiger partial charge in [0.2, 0.25) is 0 Å². The Morgan fingerprint density at radius 3 is 2.78 bits per heavy atom. The molecule has 1 aromatic rings. The first-order valence-electron chi connectivity index (χ1n) is 6.42. The number of anilines is 1. The number of aromatic hydroxyl groups is 1. The van der Waals surface area contributed by atoms with Gasteiger partial charge in [0.05, 0.1) is 5.56 Å². The number of benzene rings is 1. The molecule has 0 aromatic heterocycles. The van der Waals surface area contributed by atoms with Crippen molar-refractivity contribution in [3.63, 3.8) is 0 Å². The van der Waals surface area contributed by atoms with Crippen molar-refractivity contribution in [3.05, 3.63) is 23.8 Å². The van der Waals surface area contributed by atoms with Crippen molar-refractivity contribution in [1.82, 2.24) is 4.90 Å². The Hall–Kier alpha value is -1.71. The Labute approximate surface area is 107 Å². The maximum atomic E-state index is 12.2. The minimum atomic E-state index is -0.115. The van der Waals surface area contributed by atoms with Crippen LogP contribution < -0.4 is 5.73 Å². The standard InChI is InChI=1S/C14H20N2O2/c1-16(9-10-4-2-3-5-10)14(18)12-8-11(17)6-7-13(12)15/h6-8,10,17H,2-5,9,15H2,1H3. The fourth-order valence-corrected chi connectivity index (χ4v) is 2.60. The molecule has 0 unspecified atom stereocenters. The van der Waals surface area contributed by atoms with Gasteiger partial charge in [-0.2, -0.15) is 0 Å². The molecule has 0 spiro atoms. The predicted molar refractivity (Wildman–Crippen MR) is 71.4 cm³/mol. The molecule has 2 rings (SSSR count). The van der Waals surface area contributed by atoms with E-state index >= 15 is 0 Å². The third-order valence-corrected chi connectivity index (χ3v) is 3.62. The summed E-state index contributed by atoms with van der Waals surface area (Å²) in [7, 11) is 1.80. The zero-order chi connectivity index (χ0) is 13.1. The highest BCUT2D eigenvalue weighted by Gasteiger charge is 2.21. The van der Waals surface area contributed by atoms with E-state index in [1.807, 2.05) is 0 Å². The molecule has 98 valence electrons. The lowest BCUT2D eigenvalue weighted by Gasteiger charge is -2.21. The second-order valence-electron chi connectivity index (χ2n) is 5.11. The first-order chi connectivity index (χ1) is 8.58. The summed E-state index contributed by atoms with van der Waals surface area (Å²) in [5.74, 6) is 0.564. The first-order valence-corrected chi connectivity index (χ1v) is 6.42. The molecule has 3 N–H and O–H groups in total. The van der Waals surface area contributed by atoms with Crippen LogP contribution in [0.25, 0.3) is 0 Å². The fraction of sp³-hybridized carbons (Fsp3) is 0.500. The monoisotopic (exact) mass is 248 g/mol. The molecule has 0 heterocycles. The lowest BCUT2D eigenvalue weighted by Crippen LogP contribution is -2.31. The van der Waals surface area contributed by atoms with E-state index in [-0.39, 0.29) is 11.7 Å². The molecule has 1 fully saturated rings. The van der Waals surface area contributed by atoms with E-state index in [0.717, 1.165) is 6.54 Å². The van der Waals surface area contributed by atoms with E-state index in [9.17, 15) is 9.90 Å². The van der Waals surface area contributed by atoms with Gasteiger partial charge in [-0.3, -0.25) is 4.79 Å². The van der Waals surface area contributed by atoms with Crippen molar-refractivity contribution < 1.29 is 9.90 Å². The average Bonchev–Trinajstić information content (AvgIpc) is 2.84. The van der Waals surface area contributed by atoms with Crippen molar-refractivity contribution in [3.8, 4) is 5.75 Å². The molecule has 0 bridgehead atoms. The highest BCUT2D eigenvalue weighted by atomic mass is 16.3. The van der Waals surface area contributed by atoms with Crippen molar-refractivity contribution in [2.24, 2.45) is 5.92 Å². The first kappa shape index (κ1) is 12.7. The molecule has 0 saturated heterocycles. The molecule has 1 saturated carbocycles. The molecule has 1 aromatic carbocycles. The summed E-state index contributed by atoms with van der Waals surface area (Å²) in [6, 6.07) is 4.48. The second-order valence-corrected chi connectivity index (χ2v) is 5.11. The van der Waals surface area contributed by atoms with Crippen LogP contribution in [0.5, 0.6) is 5.75 Å². The van der Waals surface area contributed by atoms with E-state index in [1.54, 1.807) is 18.0 Å². The van der Waals surface area contributed by atoms with Crippen LogP contribution >= 0.6 is 0 Å². The zero-order valence-electron chi connectivity index (χ0n) is 10.7. The molecule has 4 nitrogen and oxygen atoms in total. The molecule has 1 aliphatic carbocycles. The second kappa shape index (κ2) is 5.29. The molecule has 4 heteroatoms. The maximum absolute atomic E-state index is 12.2. The minimum Gasteiger partial charge on any atom is -0.508 e. The highest BCUT2D eigenvalue weighted by Crippen LogP contribution is 2.26. The summed E-state index contributed by atoms with van der Waals surface area (Å²) in [5.41, 5.74) is 6.58. The number of rotatable bonds is 3. The highest BCUT2D eigenvalue weighted by molar-refractivity contribution is 5.99. The summed E-state index contributed by atoms with van der Waals surface area (Å²) in [4.78, 5) is 13.9. The van der Waals surface area contributed by atoms with E-state index in [0.29, 0.717) is 17.2 Å². The molecule has 0 aliphatic heterocycles. The Balaban J connectivity index is 2.07. The lowest BCUT2D eigenvalue weighted by molar-refractivity contribution is 0.0774. The van der Waals surface area contributed by atoms with Gasteiger partial charge in [-0.25, -0.2) is 0 Å². The quantitative estimate of drug-likeness (QED) is 0.636. The third-order valence-electron chi connectivity index (χ3n) is 3.62. The summed E-state index contributed by atoms with van der Waals surface area (Å²) < 4.78 is 0. The molecular formula is C14H20N2O2. The Kier molecular flexibility index (Phi) is 3.75. The summed E-state index contributed by atoms with van der Waals surface area (Å²) in [6.45, 7) is 0.772. The Morgan fingerprint density at radius 1 is 1.44 bits per heavy atom. The number of carbonyl (C=O) groups excluding carboxylic acids is 1. The summed E-state index contributed by atoms with van der Waals surface area (Å²) in [5, 5.41) is 9.43. The van der Waals surface area contributed by atoms with Gasteiger partial charge in [-0.1, -0.05) is 12.8 Å². The number of nitrogen functional groups attached to an aromatic ring is 1. The van der Waals surface area contributed by atoms with Crippen LogP contribution in [0.15, 0.2) is 18.2 Å². The van der Waals surface area contributed by atoms with Crippen LogP contribution in [-0.4, -0.2) is 29.5 Å². The number of phenolic OH excluding ortho intramolecular Hbond substituents is 1. The van der Waals surface area contributed by atoms with Gasteiger partial charge in [0.15, 0.2) is 0 Å². The number of hydrogen-bond acceptors (Lipinski definition) is 3. The topological polar surface area (TPSA) is 66.6 Å². The van der Waals surface area contributed by atoms with E-state index in [1.165, 1.54) is 37.8 Å². The van der Waals surface area contributed by atoms with Crippen molar-refractivity contribution >= 4 is 11.6 Å². The number of phenols is 1. The number of nitrogens with two attached hydrogens (primary N) is 1. The number of hydrogen-bond donors (Lipinski definition) is 2. The smallest absolute Gasteiger partial charge is 0.255 e. The molecule has 0 atom stereocenters. The van der Waals surface area contributed by atoms with Crippen LogP contribution in [0.4, 0.5) is 5.69 Å². The van der Waals surface area contributed by atoms with E-state index in [4.69, 9.17) is 5.73 Å². The van der Waals surface area contributed by atoms with Gasteiger partial charge >= 0.3 is 0 Å². The zero-order valence-corrected chi connectivity index (χ0v) is 10.7. The van der Waals surface area contributed by atoms with Crippen LogP contribution in [0.3, 0.4) is 0 Å². The van der Waals surface area contributed by atoms with Crippen molar-refractivity contribution in [2.45, 2.75) is 25.7 Å². The SMILES string of the molecule is CN(CC1CCCC1)C(=O)c1cc(O)ccc1N. The molecule has 0 radical (unpaired) electrons. The molecular weight excluding hydrogens is 228 g/mol. The third kappa shape index (κ3) is 2.75. The number of amides is 1. The fourth-order valence-electron chi connectivity index (χ4n) is 2.60. The van der Waals surface area contributed by atoms with Gasteiger partial charge in [-0.05, 0) is 37.0 Å². The van der Waals surface area contributed by atoms with Gasteiger partial charge in [0.1, 0.15) is 5.75 Å². The average molecular weight is 248 g/mol. The van der Waals surface area contributed by atoms with E-state index < -0.39 is 0 Å². The predicted octanol–water partition coefficient (Wildman–Crippen LogP) is 2.24. The molecule has 18 heavy (non-hydrogen) atoms. The van der Waals surface area contributed by atoms with Gasteiger partial charge in [0.25, 0.3) is 5.91 Å². The maximum Gasteiger partial charge on any atom is 0.255 e. The van der Waals surface area contributed by atoms with E-state index in [2.05, 4.69) is 0 Å². The van der Waals surface area contributed by atoms with Crippen molar-refractivity contribution in [1.29, 1.82) is 0 Å². The summed E-state index contributed by atoms with van der Waals surface area (Å²) >= 11 is 0. The van der Waals surface area contributed by atoms with Crippen molar-refractivity contribution in [2.75, 3.05) is 19.3 Å². The van der Waals surface area contributed by atoms with Gasteiger partial charge in [0, 0.05) is 19.3 Å². The Morgan fingerprint density at radius 2 is 2.11 bits per heavy atom. The largest absolute Gasteiger partial charge is 0.508 e. The van der Waals surface area contributed by atoms with Crippen LogP contribution in [-0.2, 0) is 0 Å². The van der Waals surface area contributed by atoms with Crippen LogP contribution in [0, 0.1) is 5.92 Å². The van der Waals surface area contributed by atoms with Crippen LogP contribution in [0.2, 0.25) is 0 Å². The lowest BCUT2D eigenvalue weighted by atomic mass is 10.1. The Bertz CT molecular complexity index is 439. The van der Waals surface area contributed by atoms with Gasteiger partial charge < -0.3 is 15.7 Å². The summed E-state index contributed by atoms with van der Waals surface area (Å²) in [6.07, 6.45) is 4.93. The van der Waals surface area contributed by atoms with Gasteiger partial charge in [-0.15, -0.1) is 0 Å². The normalized spacial score (nSPS) is 15.8.